The lowest BCUT2D eigenvalue weighted by Crippen LogP contribution is -2.10. The molecular formula is C17H32O. The fraction of sp³-hybridized carbons (Fsp3) is 0.882. The molecule has 0 heterocycles. The van der Waals surface area contributed by atoms with E-state index >= 15 is 0 Å². The molecule has 1 aliphatic carbocycles. The van der Waals surface area contributed by atoms with Gasteiger partial charge in [0, 0.05) is 7.11 Å². The molecule has 1 heteroatoms. The van der Waals surface area contributed by atoms with Crippen molar-refractivity contribution >= 4 is 0 Å². The molecular weight excluding hydrogens is 220 g/mol. The first kappa shape index (κ1) is 15.8. The van der Waals surface area contributed by atoms with Crippen LogP contribution in [0.5, 0.6) is 0 Å². The van der Waals surface area contributed by atoms with Crippen molar-refractivity contribution in [2.45, 2.75) is 89.6 Å². The second-order valence-corrected chi connectivity index (χ2v) is 5.67. The Kier molecular flexibility index (Phi) is 10.3. The molecule has 1 rings (SSSR count). The predicted octanol–water partition coefficient (Wildman–Crippen LogP) is 5.64. The molecule has 0 aliphatic heterocycles. The number of methoxy groups -OCH3 is 1. The first-order valence-corrected chi connectivity index (χ1v) is 8.11. The molecule has 0 bridgehead atoms. The van der Waals surface area contributed by atoms with Crippen LogP contribution in [0, 0.1) is 0 Å². The molecule has 106 valence electrons. The summed E-state index contributed by atoms with van der Waals surface area (Å²) in [6.07, 6.45) is 22.9. The van der Waals surface area contributed by atoms with Crippen molar-refractivity contribution in [2.24, 2.45) is 0 Å². The third-order valence-corrected chi connectivity index (χ3v) is 4.04. The minimum absolute atomic E-state index is 0.526. The Labute approximate surface area is 114 Å². The van der Waals surface area contributed by atoms with E-state index in [9.17, 15) is 0 Å². The third-order valence-electron chi connectivity index (χ3n) is 4.04. The van der Waals surface area contributed by atoms with Gasteiger partial charge in [-0.3, -0.25) is 0 Å². The highest BCUT2D eigenvalue weighted by atomic mass is 16.5. The summed E-state index contributed by atoms with van der Waals surface area (Å²) in [5.41, 5.74) is 0. The first-order chi connectivity index (χ1) is 8.93. The van der Waals surface area contributed by atoms with Crippen LogP contribution in [0.2, 0.25) is 0 Å². The SMILES string of the molecule is COC1CCCCCCC=CCCCCCCC1. The largest absolute Gasteiger partial charge is 0.381 e. The molecule has 0 amide bonds. The molecule has 0 saturated carbocycles. The summed E-state index contributed by atoms with van der Waals surface area (Å²) in [4.78, 5) is 0. The van der Waals surface area contributed by atoms with E-state index in [1.807, 2.05) is 7.11 Å². The molecule has 1 nitrogen and oxygen atoms in total. The summed E-state index contributed by atoms with van der Waals surface area (Å²) in [7, 11) is 1.88. The maximum absolute atomic E-state index is 5.58. The van der Waals surface area contributed by atoms with Crippen LogP contribution in [-0.2, 0) is 4.74 Å². The molecule has 0 spiro atoms. The highest BCUT2D eigenvalue weighted by Crippen LogP contribution is 2.16. The average Bonchev–Trinajstić information content (AvgIpc) is 2.39. The van der Waals surface area contributed by atoms with Gasteiger partial charge in [-0.15, -0.1) is 0 Å². The van der Waals surface area contributed by atoms with Gasteiger partial charge in [0.15, 0.2) is 0 Å². The molecule has 1 unspecified atom stereocenters. The summed E-state index contributed by atoms with van der Waals surface area (Å²) >= 11 is 0. The Balaban J connectivity index is 2.21. The number of rotatable bonds is 1. The lowest BCUT2D eigenvalue weighted by Gasteiger charge is -2.15. The zero-order chi connectivity index (χ0) is 12.9. The molecule has 0 aromatic carbocycles. The molecule has 1 aliphatic rings. The number of hydrogen-bond donors (Lipinski definition) is 0. The highest BCUT2D eigenvalue weighted by Gasteiger charge is 2.06. The van der Waals surface area contributed by atoms with Crippen molar-refractivity contribution in [1.29, 1.82) is 0 Å². The quantitative estimate of drug-likeness (QED) is 0.548. The smallest absolute Gasteiger partial charge is 0.0571 e. The van der Waals surface area contributed by atoms with Gasteiger partial charge in [-0.2, -0.15) is 0 Å². The molecule has 0 aromatic heterocycles. The summed E-state index contributed by atoms with van der Waals surface area (Å²) < 4.78 is 5.58. The van der Waals surface area contributed by atoms with Crippen molar-refractivity contribution in [1.82, 2.24) is 0 Å². The van der Waals surface area contributed by atoms with Gasteiger partial charge in [-0.05, 0) is 38.5 Å². The minimum Gasteiger partial charge on any atom is -0.381 e. The van der Waals surface area contributed by atoms with Gasteiger partial charge in [0.05, 0.1) is 6.10 Å². The van der Waals surface area contributed by atoms with Gasteiger partial charge in [-0.1, -0.05) is 57.1 Å². The summed E-state index contributed by atoms with van der Waals surface area (Å²) in [5, 5.41) is 0. The second-order valence-electron chi connectivity index (χ2n) is 5.67. The molecule has 1 atom stereocenters. The van der Waals surface area contributed by atoms with Gasteiger partial charge < -0.3 is 4.74 Å². The molecule has 0 saturated heterocycles. The van der Waals surface area contributed by atoms with Gasteiger partial charge in [0.1, 0.15) is 0 Å². The van der Waals surface area contributed by atoms with E-state index in [4.69, 9.17) is 4.74 Å². The minimum atomic E-state index is 0.526. The molecule has 0 N–H and O–H groups in total. The fourth-order valence-corrected chi connectivity index (χ4v) is 2.77. The van der Waals surface area contributed by atoms with Gasteiger partial charge in [0.25, 0.3) is 0 Å². The summed E-state index contributed by atoms with van der Waals surface area (Å²) in [6, 6.07) is 0. The Morgan fingerprint density at radius 1 is 0.667 bits per heavy atom. The Morgan fingerprint density at radius 3 is 1.61 bits per heavy atom. The van der Waals surface area contributed by atoms with E-state index in [-0.39, 0.29) is 0 Å². The average molecular weight is 252 g/mol. The monoisotopic (exact) mass is 252 g/mol. The van der Waals surface area contributed by atoms with E-state index in [0.717, 1.165) is 0 Å². The van der Waals surface area contributed by atoms with Crippen LogP contribution in [0.3, 0.4) is 0 Å². The molecule has 0 aromatic rings. The Hall–Kier alpha value is -0.300. The third kappa shape index (κ3) is 8.74. The lowest BCUT2D eigenvalue weighted by molar-refractivity contribution is 0.0832. The van der Waals surface area contributed by atoms with Crippen LogP contribution in [0.15, 0.2) is 12.2 Å². The number of hydrogen-bond acceptors (Lipinski definition) is 1. The van der Waals surface area contributed by atoms with Crippen LogP contribution >= 0.6 is 0 Å². The van der Waals surface area contributed by atoms with E-state index in [1.165, 1.54) is 83.5 Å². The summed E-state index contributed by atoms with van der Waals surface area (Å²) in [6.45, 7) is 0. The maximum atomic E-state index is 5.58. The molecule has 0 fully saturated rings. The number of ether oxygens (including phenoxy) is 1. The molecule has 0 radical (unpaired) electrons. The van der Waals surface area contributed by atoms with E-state index in [1.54, 1.807) is 0 Å². The topological polar surface area (TPSA) is 9.23 Å². The van der Waals surface area contributed by atoms with Crippen molar-refractivity contribution in [3.63, 3.8) is 0 Å². The van der Waals surface area contributed by atoms with Crippen molar-refractivity contribution in [2.75, 3.05) is 7.11 Å². The van der Waals surface area contributed by atoms with E-state index in [0.29, 0.717) is 6.10 Å². The standard InChI is InChI=1S/C17H32O/c1-18-17-15-13-11-9-7-5-3-2-4-6-8-10-12-14-16-17/h2-3,17H,4-16H2,1H3. The fourth-order valence-electron chi connectivity index (χ4n) is 2.77. The van der Waals surface area contributed by atoms with Crippen LogP contribution in [-0.4, -0.2) is 13.2 Å². The van der Waals surface area contributed by atoms with Gasteiger partial charge >= 0.3 is 0 Å². The van der Waals surface area contributed by atoms with Crippen molar-refractivity contribution < 1.29 is 4.74 Å². The normalized spacial score (nSPS) is 25.9. The Bertz CT molecular complexity index is 198. The van der Waals surface area contributed by atoms with Crippen LogP contribution in [0.4, 0.5) is 0 Å². The maximum Gasteiger partial charge on any atom is 0.0571 e. The van der Waals surface area contributed by atoms with E-state index < -0.39 is 0 Å². The second kappa shape index (κ2) is 11.8. The highest BCUT2D eigenvalue weighted by molar-refractivity contribution is 4.81. The van der Waals surface area contributed by atoms with Crippen LogP contribution in [0.25, 0.3) is 0 Å². The van der Waals surface area contributed by atoms with Crippen LogP contribution in [0.1, 0.15) is 83.5 Å². The number of allylic oxidation sites excluding steroid dienone is 2. The van der Waals surface area contributed by atoms with Gasteiger partial charge in [0.2, 0.25) is 0 Å². The zero-order valence-corrected chi connectivity index (χ0v) is 12.3. The van der Waals surface area contributed by atoms with Gasteiger partial charge in [-0.25, -0.2) is 0 Å². The zero-order valence-electron chi connectivity index (χ0n) is 12.3. The van der Waals surface area contributed by atoms with Crippen molar-refractivity contribution in [3.05, 3.63) is 12.2 Å². The Morgan fingerprint density at radius 2 is 1.11 bits per heavy atom. The predicted molar refractivity (Wildman–Crippen MR) is 80.0 cm³/mol. The van der Waals surface area contributed by atoms with Crippen molar-refractivity contribution in [3.8, 4) is 0 Å². The van der Waals surface area contributed by atoms with Crippen LogP contribution < -0.4 is 0 Å². The first-order valence-electron chi connectivity index (χ1n) is 8.11. The molecule has 18 heavy (non-hydrogen) atoms. The van der Waals surface area contributed by atoms with E-state index in [2.05, 4.69) is 12.2 Å². The summed E-state index contributed by atoms with van der Waals surface area (Å²) in [5.74, 6) is 0. The lowest BCUT2D eigenvalue weighted by atomic mass is 10.0.